The number of rotatable bonds is 4. The molecule has 1 atom stereocenters. The molecule has 1 aromatic carbocycles. The van der Waals surface area contributed by atoms with Crippen LogP contribution in [0.5, 0.6) is 5.75 Å². The van der Waals surface area contributed by atoms with Crippen LogP contribution in [0.25, 0.3) is 0 Å². The van der Waals surface area contributed by atoms with Crippen LogP contribution >= 0.6 is 0 Å². The van der Waals surface area contributed by atoms with Gasteiger partial charge in [-0.2, -0.15) is 0 Å². The molecule has 5 nitrogen and oxygen atoms in total. The van der Waals surface area contributed by atoms with Crippen LogP contribution in [0, 0.1) is 13.8 Å². The van der Waals surface area contributed by atoms with Gasteiger partial charge in [0.1, 0.15) is 5.75 Å². The standard InChI is InChI=1S/C14H19NO4/c1-8-9(2)12(18-4)7-6-11(8)13(14(17)19-5)15-10(3)16/h6-7,13H,1-5H3,(H,15,16). The normalized spacial score (nSPS) is 11.6. The van der Waals surface area contributed by atoms with Gasteiger partial charge in [0.2, 0.25) is 5.91 Å². The van der Waals surface area contributed by atoms with E-state index in [0.717, 1.165) is 16.9 Å². The van der Waals surface area contributed by atoms with Crippen molar-refractivity contribution in [3.8, 4) is 5.75 Å². The molecule has 19 heavy (non-hydrogen) atoms. The van der Waals surface area contributed by atoms with Gasteiger partial charge in [0, 0.05) is 6.92 Å². The highest BCUT2D eigenvalue weighted by Gasteiger charge is 2.25. The lowest BCUT2D eigenvalue weighted by Gasteiger charge is -2.20. The lowest BCUT2D eigenvalue weighted by Crippen LogP contribution is -2.33. The quantitative estimate of drug-likeness (QED) is 0.841. The van der Waals surface area contributed by atoms with Crippen molar-refractivity contribution >= 4 is 11.9 Å². The van der Waals surface area contributed by atoms with E-state index in [2.05, 4.69) is 5.32 Å². The molecule has 0 heterocycles. The van der Waals surface area contributed by atoms with Crippen molar-refractivity contribution in [2.24, 2.45) is 0 Å². The molecule has 0 fully saturated rings. The largest absolute Gasteiger partial charge is 0.496 e. The zero-order valence-electron chi connectivity index (χ0n) is 11.9. The Morgan fingerprint density at radius 1 is 1.16 bits per heavy atom. The minimum absolute atomic E-state index is 0.289. The van der Waals surface area contributed by atoms with Gasteiger partial charge in [0.25, 0.3) is 0 Å². The number of hydrogen-bond donors (Lipinski definition) is 1. The molecule has 0 radical (unpaired) electrons. The summed E-state index contributed by atoms with van der Waals surface area (Å²) in [6, 6.07) is 2.74. The number of amides is 1. The van der Waals surface area contributed by atoms with Crippen LogP contribution in [0.2, 0.25) is 0 Å². The summed E-state index contributed by atoms with van der Waals surface area (Å²) in [5.74, 6) is -0.0428. The molecule has 0 spiro atoms. The fourth-order valence-electron chi connectivity index (χ4n) is 1.94. The van der Waals surface area contributed by atoms with Crippen molar-refractivity contribution in [1.29, 1.82) is 0 Å². The molecular weight excluding hydrogens is 246 g/mol. The third-order valence-electron chi connectivity index (χ3n) is 3.09. The van der Waals surface area contributed by atoms with Crippen LogP contribution < -0.4 is 10.1 Å². The average Bonchev–Trinajstić information content (AvgIpc) is 2.38. The molecule has 1 N–H and O–H groups in total. The fourth-order valence-corrected chi connectivity index (χ4v) is 1.94. The molecule has 5 heteroatoms. The average molecular weight is 265 g/mol. The van der Waals surface area contributed by atoms with Gasteiger partial charge in [-0.3, -0.25) is 4.79 Å². The first kappa shape index (κ1) is 15.0. The molecule has 0 aliphatic carbocycles. The zero-order valence-corrected chi connectivity index (χ0v) is 11.9. The van der Waals surface area contributed by atoms with Crippen molar-refractivity contribution in [3.63, 3.8) is 0 Å². The second kappa shape index (κ2) is 6.22. The monoisotopic (exact) mass is 265 g/mol. The Morgan fingerprint density at radius 2 is 1.79 bits per heavy atom. The third kappa shape index (κ3) is 3.24. The van der Waals surface area contributed by atoms with Gasteiger partial charge in [-0.1, -0.05) is 6.07 Å². The number of carbonyl (C=O) groups excluding carboxylic acids is 2. The van der Waals surface area contributed by atoms with Crippen molar-refractivity contribution in [3.05, 3.63) is 28.8 Å². The van der Waals surface area contributed by atoms with E-state index in [4.69, 9.17) is 9.47 Å². The summed E-state index contributed by atoms with van der Waals surface area (Å²) in [4.78, 5) is 23.0. The Labute approximate surface area is 112 Å². The summed E-state index contributed by atoms with van der Waals surface area (Å²) in [5, 5.41) is 2.60. The molecule has 1 rings (SSSR count). The first-order valence-electron chi connectivity index (χ1n) is 5.91. The zero-order chi connectivity index (χ0) is 14.6. The maximum Gasteiger partial charge on any atom is 0.333 e. The van der Waals surface area contributed by atoms with Gasteiger partial charge >= 0.3 is 5.97 Å². The van der Waals surface area contributed by atoms with E-state index in [1.54, 1.807) is 19.2 Å². The van der Waals surface area contributed by atoms with Gasteiger partial charge in [0.05, 0.1) is 14.2 Å². The summed E-state index contributed by atoms with van der Waals surface area (Å²) in [6.07, 6.45) is 0. The van der Waals surface area contributed by atoms with E-state index < -0.39 is 12.0 Å². The first-order valence-corrected chi connectivity index (χ1v) is 5.91. The molecule has 0 aliphatic rings. The van der Waals surface area contributed by atoms with Crippen LogP contribution in [0.1, 0.15) is 29.7 Å². The highest BCUT2D eigenvalue weighted by molar-refractivity contribution is 5.84. The van der Waals surface area contributed by atoms with Crippen molar-refractivity contribution in [2.75, 3.05) is 14.2 Å². The van der Waals surface area contributed by atoms with Gasteiger partial charge in [-0.05, 0) is 36.6 Å². The number of benzene rings is 1. The second-order valence-corrected chi connectivity index (χ2v) is 4.26. The van der Waals surface area contributed by atoms with Crippen LogP contribution in [0.15, 0.2) is 12.1 Å². The van der Waals surface area contributed by atoms with Crippen LogP contribution in [-0.2, 0) is 14.3 Å². The van der Waals surface area contributed by atoms with Gasteiger partial charge < -0.3 is 14.8 Å². The number of ether oxygens (including phenoxy) is 2. The van der Waals surface area contributed by atoms with Crippen LogP contribution in [0.4, 0.5) is 0 Å². The van der Waals surface area contributed by atoms with E-state index in [1.807, 2.05) is 13.8 Å². The van der Waals surface area contributed by atoms with E-state index in [-0.39, 0.29) is 5.91 Å². The van der Waals surface area contributed by atoms with E-state index in [1.165, 1.54) is 14.0 Å². The summed E-state index contributed by atoms with van der Waals surface area (Å²) in [5.41, 5.74) is 2.53. The Morgan fingerprint density at radius 3 is 2.26 bits per heavy atom. The SMILES string of the molecule is COC(=O)C(NC(C)=O)c1ccc(OC)c(C)c1C. The highest BCUT2D eigenvalue weighted by Crippen LogP contribution is 2.28. The van der Waals surface area contributed by atoms with Crippen molar-refractivity contribution in [1.82, 2.24) is 5.32 Å². The van der Waals surface area contributed by atoms with Gasteiger partial charge in [0.15, 0.2) is 6.04 Å². The predicted octanol–water partition coefficient (Wildman–Crippen LogP) is 1.66. The van der Waals surface area contributed by atoms with E-state index >= 15 is 0 Å². The molecule has 0 saturated carbocycles. The molecule has 0 bridgehead atoms. The molecular formula is C14H19NO4. The van der Waals surface area contributed by atoms with Gasteiger partial charge in [-0.25, -0.2) is 4.79 Å². The van der Waals surface area contributed by atoms with Gasteiger partial charge in [-0.15, -0.1) is 0 Å². The molecule has 0 aromatic heterocycles. The summed E-state index contributed by atoms with van der Waals surface area (Å²) < 4.78 is 9.96. The molecule has 0 aliphatic heterocycles. The molecule has 1 amide bonds. The van der Waals surface area contributed by atoms with E-state index in [0.29, 0.717) is 5.56 Å². The summed E-state index contributed by atoms with van der Waals surface area (Å²) >= 11 is 0. The third-order valence-corrected chi connectivity index (χ3v) is 3.09. The summed E-state index contributed by atoms with van der Waals surface area (Å²) in [6.45, 7) is 5.15. The van der Waals surface area contributed by atoms with Crippen LogP contribution in [0.3, 0.4) is 0 Å². The Kier molecular flexibility index (Phi) is 4.92. The maximum absolute atomic E-state index is 11.8. The number of nitrogens with one attached hydrogen (secondary N) is 1. The Bertz CT molecular complexity index is 496. The van der Waals surface area contributed by atoms with Crippen molar-refractivity contribution < 1.29 is 19.1 Å². The topological polar surface area (TPSA) is 64.6 Å². The van der Waals surface area contributed by atoms with Crippen LogP contribution in [-0.4, -0.2) is 26.1 Å². The molecule has 104 valence electrons. The minimum Gasteiger partial charge on any atom is -0.496 e. The number of carbonyl (C=O) groups is 2. The Balaban J connectivity index is 3.26. The van der Waals surface area contributed by atoms with E-state index in [9.17, 15) is 9.59 Å². The number of esters is 1. The number of methoxy groups -OCH3 is 2. The molecule has 0 saturated heterocycles. The lowest BCUT2D eigenvalue weighted by atomic mass is 9.96. The fraction of sp³-hybridized carbons (Fsp3) is 0.429. The minimum atomic E-state index is -0.799. The van der Waals surface area contributed by atoms with Crippen molar-refractivity contribution in [2.45, 2.75) is 26.8 Å². The first-order chi connectivity index (χ1) is 8.92. The molecule has 1 unspecified atom stereocenters. The Hall–Kier alpha value is -2.04. The predicted molar refractivity (Wildman–Crippen MR) is 71.0 cm³/mol. The molecule has 1 aromatic rings. The second-order valence-electron chi connectivity index (χ2n) is 4.26. The summed E-state index contributed by atoms with van der Waals surface area (Å²) in [7, 11) is 2.88. The number of hydrogen-bond acceptors (Lipinski definition) is 4. The highest BCUT2D eigenvalue weighted by atomic mass is 16.5. The maximum atomic E-state index is 11.8. The lowest BCUT2D eigenvalue weighted by molar-refractivity contribution is -0.145. The smallest absolute Gasteiger partial charge is 0.333 e.